The molecular weight excluding hydrogens is 471 g/mol. The van der Waals surface area contributed by atoms with Gasteiger partial charge in [0.05, 0.1) is 18.8 Å². The maximum atomic E-state index is 13.7. The van der Waals surface area contributed by atoms with Crippen LogP contribution in [0.1, 0.15) is 32.3 Å². The zero-order valence-electron chi connectivity index (χ0n) is 21.8. The molecule has 2 aliphatic rings. The SMILES string of the molecule is COC(=O)C1[C@@H](C)N(c2cc(-c3ccc(F)cc3)nc(N3CCC[C@H]3C)n2)CCN1c1ncccc1C. The minimum Gasteiger partial charge on any atom is -0.467 e. The van der Waals surface area contributed by atoms with Crippen molar-refractivity contribution in [2.45, 2.75) is 51.7 Å². The van der Waals surface area contributed by atoms with E-state index in [2.05, 4.69) is 21.7 Å². The van der Waals surface area contributed by atoms with E-state index >= 15 is 0 Å². The molecule has 3 aromatic rings. The van der Waals surface area contributed by atoms with Crippen LogP contribution in [0.5, 0.6) is 0 Å². The van der Waals surface area contributed by atoms with Gasteiger partial charge >= 0.3 is 5.97 Å². The molecule has 3 atom stereocenters. The average molecular weight is 505 g/mol. The Bertz CT molecular complexity index is 1270. The molecule has 0 amide bonds. The molecule has 0 N–H and O–H groups in total. The van der Waals surface area contributed by atoms with E-state index in [9.17, 15) is 9.18 Å². The van der Waals surface area contributed by atoms with Gasteiger partial charge in [0, 0.05) is 43.5 Å². The number of esters is 1. The number of carbonyl (C=O) groups is 1. The van der Waals surface area contributed by atoms with E-state index in [1.807, 2.05) is 36.9 Å². The van der Waals surface area contributed by atoms with Crippen LogP contribution in [-0.2, 0) is 9.53 Å². The summed E-state index contributed by atoms with van der Waals surface area (Å²) < 4.78 is 18.9. The van der Waals surface area contributed by atoms with E-state index in [1.165, 1.54) is 19.2 Å². The predicted molar refractivity (Wildman–Crippen MR) is 142 cm³/mol. The van der Waals surface area contributed by atoms with Gasteiger partial charge in [0.25, 0.3) is 0 Å². The van der Waals surface area contributed by atoms with E-state index < -0.39 is 6.04 Å². The van der Waals surface area contributed by atoms with E-state index in [0.717, 1.165) is 47.8 Å². The maximum Gasteiger partial charge on any atom is 0.330 e. The number of methoxy groups -OCH3 is 1. The van der Waals surface area contributed by atoms with E-state index in [-0.39, 0.29) is 17.8 Å². The topological polar surface area (TPSA) is 74.7 Å². The monoisotopic (exact) mass is 504 g/mol. The number of halogens is 1. The molecule has 4 heterocycles. The standard InChI is InChI=1S/C28H33FN6O2/c1-18-7-5-13-30-26(18)35-16-15-34(20(3)25(35)27(36)37-4)24-17-23(21-9-11-22(29)12-10-21)31-28(32-24)33-14-6-8-19(33)2/h5,7,9-13,17,19-20,25H,6,8,14-16H2,1-4H3/t19-,20-,25?/m1/s1. The number of hydrogen-bond acceptors (Lipinski definition) is 8. The summed E-state index contributed by atoms with van der Waals surface area (Å²) in [7, 11) is 1.42. The Hall–Kier alpha value is -3.75. The summed E-state index contributed by atoms with van der Waals surface area (Å²) in [4.78, 5) is 34.0. The molecule has 2 fully saturated rings. The van der Waals surface area contributed by atoms with Crippen molar-refractivity contribution in [1.29, 1.82) is 0 Å². The molecule has 0 radical (unpaired) electrons. The summed E-state index contributed by atoms with van der Waals surface area (Å²) in [6.07, 6.45) is 3.92. The van der Waals surface area contributed by atoms with Crippen molar-refractivity contribution in [2.75, 3.05) is 41.4 Å². The van der Waals surface area contributed by atoms with Crippen molar-refractivity contribution in [3.05, 3.63) is 60.0 Å². The molecule has 2 saturated heterocycles. The predicted octanol–water partition coefficient (Wildman–Crippen LogP) is 4.23. The molecule has 1 aromatic carbocycles. The molecule has 2 aromatic heterocycles. The van der Waals surface area contributed by atoms with Gasteiger partial charge in [-0.1, -0.05) is 6.07 Å². The summed E-state index contributed by atoms with van der Waals surface area (Å²) in [5.74, 6) is 1.57. The van der Waals surface area contributed by atoms with E-state index in [4.69, 9.17) is 14.7 Å². The number of pyridine rings is 1. The highest BCUT2D eigenvalue weighted by Gasteiger charge is 2.41. The second-order valence-corrected chi connectivity index (χ2v) is 9.84. The highest BCUT2D eigenvalue weighted by atomic mass is 19.1. The van der Waals surface area contributed by atoms with Gasteiger partial charge in [0.1, 0.15) is 23.5 Å². The number of carbonyl (C=O) groups excluding carboxylic acids is 1. The van der Waals surface area contributed by atoms with Crippen molar-refractivity contribution in [2.24, 2.45) is 0 Å². The second-order valence-electron chi connectivity index (χ2n) is 9.84. The van der Waals surface area contributed by atoms with Crippen LogP contribution in [0.3, 0.4) is 0 Å². The van der Waals surface area contributed by atoms with Crippen LogP contribution in [0, 0.1) is 12.7 Å². The first-order chi connectivity index (χ1) is 17.9. The van der Waals surface area contributed by atoms with Gasteiger partial charge in [0.2, 0.25) is 5.95 Å². The summed E-state index contributed by atoms with van der Waals surface area (Å²) in [5, 5.41) is 0. The molecule has 5 rings (SSSR count). The summed E-state index contributed by atoms with van der Waals surface area (Å²) in [5.41, 5.74) is 2.55. The number of nitrogens with zero attached hydrogens (tertiary/aromatic N) is 6. The van der Waals surface area contributed by atoms with E-state index in [1.54, 1.807) is 18.3 Å². The number of aryl methyl sites for hydroxylation is 1. The number of aromatic nitrogens is 3. The quantitative estimate of drug-likeness (QED) is 0.478. The van der Waals surface area contributed by atoms with Gasteiger partial charge in [-0.15, -0.1) is 0 Å². The average Bonchev–Trinajstić information content (AvgIpc) is 3.34. The maximum absolute atomic E-state index is 13.7. The summed E-state index contributed by atoms with van der Waals surface area (Å²) in [6, 6.07) is 11.7. The molecule has 0 saturated carbocycles. The smallest absolute Gasteiger partial charge is 0.330 e. The summed E-state index contributed by atoms with van der Waals surface area (Å²) in [6.45, 7) is 8.30. The lowest BCUT2D eigenvalue weighted by Crippen LogP contribution is -2.62. The number of anilines is 3. The van der Waals surface area contributed by atoms with Crippen molar-refractivity contribution >= 4 is 23.6 Å². The van der Waals surface area contributed by atoms with Gasteiger partial charge in [-0.05, 0) is 69.5 Å². The zero-order valence-corrected chi connectivity index (χ0v) is 21.8. The lowest BCUT2D eigenvalue weighted by molar-refractivity contribution is -0.142. The molecule has 0 aliphatic carbocycles. The molecule has 9 heteroatoms. The minimum atomic E-state index is -0.564. The van der Waals surface area contributed by atoms with Crippen molar-refractivity contribution < 1.29 is 13.9 Å². The Morgan fingerprint density at radius 3 is 2.46 bits per heavy atom. The third-order valence-corrected chi connectivity index (χ3v) is 7.51. The Balaban J connectivity index is 1.56. The molecule has 8 nitrogen and oxygen atoms in total. The number of piperazine rings is 1. The first-order valence-electron chi connectivity index (χ1n) is 12.8. The fraction of sp³-hybridized carbons (Fsp3) is 0.429. The van der Waals surface area contributed by atoms with Crippen LogP contribution in [0.25, 0.3) is 11.3 Å². The van der Waals surface area contributed by atoms with Gasteiger partial charge in [-0.2, -0.15) is 4.98 Å². The van der Waals surface area contributed by atoms with Crippen molar-refractivity contribution in [3.8, 4) is 11.3 Å². The lowest BCUT2D eigenvalue weighted by atomic mass is 10.0. The van der Waals surface area contributed by atoms with Crippen molar-refractivity contribution in [1.82, 2.24) is 15.0 Å². The number of rotatable bonds is 5. The fourth-order valence-corrected chi connectivity index (χ4v) is 5.47. The Kier molecular flexibility index (Phi) is 6.95. The van der Waals surface area contributed by atoms with Crippen LogP contribution in [0.2, 0.25) is 0 Å². The molecule has 1 unspecified atom stereocenters. The zero-order chi connectivity index (χ0) is 26.1. The third-order valence-electron chi connectivity index (χ3n) is 7.51. The van der Waals surface area contributed by atoms with Crippen LogP contribution >= 0.6 is 0 Å². The first-order valence-corrected chi connectivity index (χ1v) is 12.8. The lowest BCUT2D eigenvalue weighted by Gasteiger charge is -2.46. The third kappa shape index (κ3) is 4.82. The van der Waals surface area contributed by atoms with Gasteiger partial charge in [-0.25, -0.2) is 19.2 Å². The highest BCUT2D eigenvalue weighted by Crippen LogP contribution is 2.33. The fourth-order valence-electron chi connectivity index (χ4n) is 5.47. The minimum absolute atomic E-state index is 0.248. The number of ether oxygens (including phenoxy) is 1. The van der Waals surface area contributed by atoms with E-state index in [0.29, 0.717) is 25.1 Å². The van der Waals surface area contributed by atoms with Crippen LogP contribution in [0.15, 0.2) is 48.7 Å². The molecule has 0 bridgehead atoms. The number of hydrogen-bond donors (Lipinski definition) is 0. The molecule has 0 spiro atoms. The Labute approximate surface area is 217 Å². The van der Waals surface area contributed by atoms with Gasteiger partial charge in [-0.3, -0.25) is 0 Å². The van der Waals surface area contributed by atoms with Gasteiger partial charge < -0.3 is 19.4 Å². The normalized spacial score (nSPS) is 21.9. The molecule has 2 aliphatic heterocycles. The molecule has 194 valence electrons. The van der Waals surface area contributed by atoms with Gasteiger partial charge in [0.15, 0.2) is 0 Å². The van der Waals surface area contributed by atoms with Crippen LogP contribution in [0.4, 0.5) is 22.0 Å². The Morgan fingerprint density at radius 1 is 1.03 bits per heavy atom. The second kappa shape index (κ2) is 10.3. The van der Waals surface area contributed by atoms with Crippen LogP contribution < -0.4 is 14.7 Å². The molecule has 37 heavy (non-hydrogen) atoms. The molecular formula is C28H33FN6O2. The highest BCUT2D eigenvalue weighted by molar-refractivity contribution is 5.82. The summed E-state index contributed by atoms with van der Waals surface area (Å²) >= 11 is 0. The van der Waals surface area contributed by atoms with Crippen molar-refractivity contribution in [3.63, 3.8) is 0 Å². The Morgan fingerprint density at radius 2 is 1.78 bits per heavy atom. The largest absolute Gasteiger partial charge is 0.467 e. The van der Waals surface area contributed by atoms with Crippen LogP contribution in [-0.4, -0.2) is 65.8 Å². The first kappa shape index (κ1) is 24.9. The number of benzene rings is 1.